The summed E-state index contributed by atoms with van der Waals surface area (Å²) < 4.78 is 48.9. The fourth-order valence-electron chi connectivity index (χ4n) is 2.39. The van der Waals surface area contributed by atoms with E-state index in [0.29, 0.717) is 41.8 Å². The van der Waals surface area contributed by atoms with Crippen molar-refractivity contribution >= 4 is 11.6 Å². The smallest absolute Gasteiger partial charge is 0.416 e. The molecule has 0 saturated heterocycles. The van der Waals surface area contributed by atoms with Gasteiger partial charge in [0.15, 0.2) is 11.5 Å². The average molecular weight is 374 g/mol. The molecule has 25 heavy (non-hydrogen) atoms. The van der Waals surface area contributed by atoms with E-state index in [4.69, 9.17) is 21.1 Å². The van der Waals surface area contributed by atoms with Gasteiger partial charge >= 0.3 is 6.18 Å². The van der Waals surface area contributed by atoms with Crippen molar-refractivity contribution in [2.75, 3.05) is 13.7 Å². The number of halogens is 4. The van der Waals surface area contributed by atoms with Crippen LogP contribution in [-0.4, -0.2) is 13.7 Å². The highest BCUT2D eigenvalue weighted by Gasteiger charge is 2.30. The van der Waals surface area contributed by atoms with Crippen LogP contribution in [0.15, 0.2) is 36.4 Å². The quantitative estimate of drug-likeness (QED) is 0.736. The van der Waals surface area contributed by atoms with E-state index in [0.717, 1.165) is 17.7 Å². The van der Waals surface area contributed by atoms with Crippen LogP contribution in [0.2, 0.25) is 5.02 Å². The molecule has 0 atom stereocenters. The van der Waals surface area contributed by atoms with Gasteiger partial charge in [-0.1, -0.05) is 29.8 Å². The molecular formula is C18H19ClF3NO2. The van der Waals surface area contributed by atoms with Gasteiger partial charge in [0, 0.05) is 13.1 Å². The molecule has 0 aliphatic carbocycles. The van der Waals surface area contributed by atoms with E-state index in [2.05, 4.69) is 5.32 Å². The second-order valence-corrected chi connectivity index (χ2v) is 5.75. The summed E-state index contributed by atoms with van der Waals surface area (Å²) in [5.41, 5.74) is 0.749. The zero-order chi connectivity index (χ0) is 18.4. The van der Waals surface area contributed by atoms with Crippen molar-refractivity contribution in [1.29, 1.82) is 0 Å². The molecule has 2 aromatic carbocycles. The molecule has 0 heterocycles. The molecule has 0 amide bonds. The maximum Gasteiger partial charge on any atom is 0.416 e. The monoisotopic (exact) mass is 373 g/mol. The van der Waals surface area contributed by atoms with Crippen molar-refractivity contribution < 1.29 is 22.6 Å². The number of rotatable bonds is 7. The van der Waals surface area contributed by atoms with Crippen LogP contribution in [-0.2, 0) is 19.3 Å². The summed E-state index contributed by atoms with van der Waals surface area (Å²) in [7, 11) is 1.51. The average Bonchev–Trinajstić information content (AvgIpc) is 2.54. The molecule has 0 aliphatic rings. The lowest BCUT2D eigenvalue weighted by Gasteiger charge is -2.14. The fourth-order valence-corrected chi connectivity index (χ4v) is 2.70. The zero-order valence-corrected chi connectivity index (χ0v) is 14.7. The first-order valence-corrected chi connectivity index (χ1v) is 8.09. The summed E-state index contributed by atoms with van der Waals surface area (Å²) in [6, 6.07) is 8.78. The number of methoxy groups -OCH3 is 1. The predicted octanol–water partition coefficient (Wildman–Crippen LogP) is 5.06. The van der Waals surface area contributed by atoms with Crippen molar-refractivity contribution in [1.82, 2.24) is 5.32 Å². The molecule has 0 fully saturated rings. The Kier molecular flexibility index (Phi) is 6.56. The molecule has 7 heteroatoms. The Hall–Kier alpha value is -1.92. The molecule has 2 aromatic rings. The largest absolute Gasteiger partial charge is 0.491 e. The number of hydrogen-bond acceptors (Lipinski definition) is 3. The third kappa shape index (κ3) is 5.28. The van der Waals surface area contributed by atoms with Gasteiger partial charge in [0.05, 0.1) is 24.3 Å². The van der Waals surface area contributed by atoms with Gasteiger partial charge in [0.25, 0.3) is 0 Å². The van der Waals surface area contributed by atoms with E-state index in [1.54, 1.807) is 18.2 Å². The first-order chi connectivity index (χ1) is 11.8. The highest BCUT2D eigenvalue weighted by Crippen LogP contribution is 2.36. The topological polar surface area (TPSA) is 30.5 Å². The van der Waals surface area contributed by atoms with Crippen LogP contribution in [0.1, 0.15) is 23.6 Å². The van der Waals surface area contributed by atoms with Crippen LogP contribution in [0.4, 0.5) is 13.2 Å². The molecule has 3 nitrogen and oxygen atoms in total. The van der Waals surface area contributed by atoms with Crippen LogP contribution in [0.5, 0.6) is 11.5 Å². The van der Waals surface area contributed by atoms with Gasteiger partial charge in [-0.05, 0) is 36.2 Å². The van der Waals surface area contributed by atoms with Crippen molar-refractivity contribution in [2.24, 2.45) is 0 Å². The van der Waals surface area contributed by atoms with Gasteiger partial charge in [0.1, 0.15) is 0 Å². The molecule has 0 aromatic heterocycles. The second kappa shape index (κ2) is 8.45. The maximum absolute atomic E-state index is 12.7. The number of ether oxygens (including phenoxy) is 2. The number of nitrogens with one attached hydrogen (secondary N) is 1. The van der Waals surface area contributed by atoms with Crippen molar-refractivity contribution in [3.63, 3.8) is 0 Å². The third-order valence-electron chi connectivity index (χ3n) is 3.49. The minimum Gasteiger partial charge on any atom is -0.491 e. The standard InChI is InChI=1S/C18H19ClF3NO2/c1-3-25-16-9-13(8-15(19)17(16)24-2)11-23-10-12-5-4-6-14(7-12)18(20,21)22/h4-9,23H,3,10-11H2,1-2H3. The van der Waals surface area contributed by atoms with E-state index in [-0.39, 0.29) is 0 Å². The third-order valence-corrected chi connectivity index (χ3v) is 3.77. The number of benzene rings is 2. The molecule has 0 aliphatic heterocycles. The summed E-state index contributed by atoms with van der Waals surface area (Å²) in [4.78, 5) is 0. The van der Waals surface area contributed by atoms with Gasteiger partial charge in [-0.15, -0.1) is 0 Å². The Morgan fingerprint density at radius 1 is 1.08 bits per heavy atom. The Balaban J connectivity index is 2.05. The van der Waals surface area contributed by atoms with Crippen LogP contribution in [0.25, 0.3) is 0 Å². The Morgan fingerprint density at radius 2 is 1.80 bits per heavy atom. The van der Waals surface area contributed by atoms with Gasteiger partial charge in [-0.3, -0.25) is 0 Å². The molecule has 0 bridgehead atoms. The van der Waals surface area contributed by atoms with Crippen LogP contribution in [0.3, 0.4) is 0 Å². The van der Waals surface area contributed by atoms with E-state index >= 15 is 0 Å². The molecule has 2 rings (SSSR count). The Morgan fingerprint density at radius 3 is 2.44 bits per heavy atom. The molecule has 136 valence electrons. The second-order valence-electron chi connectivity index (χ2n) is 5.34. The lowest BCUT2D eigenvalue weighted by molar-refractivity contribution is -0.137. The summed E-state index contributed by atoms with van der Waals surface area (Å²) in [6.45, 7) is 3.05. The Bertz CT molecular complexity index is 720. The molecule has 0 unspecified atom stereocenters. The van der Waals surface area contributed by atoms with E-state index < -0.39 is 11.7 Å². The summed E-state index contributed by atoms with van der Waals surface area (Å²) >= 11 is 6.18. The van der Waals surface area contributed by atoms with Crippen molar-refractivity contribution in [2.45, 2.75) is 26.2 Å². The molecule has 0 radical (unpaired) electrons. The summed E-state index contributed by atoms with van der Waals surface area (Å²) in [5.74, 6) is 0.999. The first-order valence-electron chi connectivity index (χ1n) is 7.71. The van der Waals surface area contributed by atoms with Crippen LogP contribution < -0.4 is 14.8 Å². The summed E-state index contributed by atoms with van der Waals surface area (Å²) in [5, 5.41) is 3.53. The van der Waals surface area contributed by atoms with Gasteiger partial charge in [0.2, 0.25) is 0 Å². The minimum atomic E-state index is -4.34. The predicted molar refractivity (Wildman–Crippen MR) is 91.2 cm³/mol. The maximum atomic E-state index is 12.7. The van der Waals surface area contributed by atoms with Crippen molar-refractivity contribution in [3.8, 4) is 11.5 Å². The zero-order valence-electron chi connectivity index (χ0n) is 13.9. The fraction of sp³-hybridized carbons (Fsp3) is 0.333. The van der Waals surface area contributed by atoms with Gasteiger partial charge in [-0.2, -0.15) is 13.2 Å². The SMILES string of the molecule is CCOc1cc(CNCc2cccc(C(F)(F)F)c2)cc(Cl)c1OC. The molecule has 1 N–H and O–H groups in total. The first kappa shape index (κ1) is 19.4. The van der Waals surface area contributed by atoms with E-state index in [9.17, 15) is 13.2 Å². The highest BCUT2D eigenvalue weighted by atomic mass is 35.5. The summed E-state index contributed by atoms with van der Waals surface area (Å²) in [6.07, 6.45) is -4.34. The lowest BCUT2D eigenvalue weighted by Crippen LogP contribution is -2.14. The molecule has 0 spiro atoms. The molecular weight excluding hydrogens is 355 g/mol. The van der Waals surface area contributed by atoms with Gasteiger partial charge in [-0.25, -0.2) is 0 Å². The van der Waals surface area contributed by atoms with Crippen LogP contribution in [0, 0.1) is 0 Å². The van der Waals surface area contributed by atoms with E-state index in [1.165, 1.54) is 13.2 Å². The van der Waals surface area contributed by atoms with Gasteiger partial charge < -0.3 is 14.8 Å². The minimum absolute atomic E-state index is 0.303. The van der Waals surface area contributed by atoms with Crippen LogP contribution >= 0.6 is 11.6 Å². The highest BCUT2D eigenvalue weighted by molar-refractivity contribution is 6.32. The number of hydrogen-bond donors (Lipinski definition) is 1. The Labute approximate surface area is 149 Å². The lowest BCUT2D eigenvalue weighted by atomic mass is 10.1. The normalized spacial score (nSPS) is 11.4. The number of alkyl halides is 3. The van der Waals surface area contributed by atoms with E-state index in [1.807, 2.05) is 6.92 Å². The molecule has 0 saturated carbocycles. The van der Waals surface area contributed by atoms with Crippen molar-refractivity contribution in [3.05, 3.63) is 58.1 Å².